The largest absolute Gasteiger partial charge is 0.480 e. The third-order valence-electron chi connectivity index (χ3n) is 3.24. The first kappa shape index (κ1) is 13.4. The number of aliphatic hydroxyl groups excluding tert-OH is 1. The van der Waals surface area contributed by atoms with Crippen LogP contribution < -0.4 is 4.90 Å². The molecule has 1 aliphatic heterocycles. The Bertz CT molecular complexity index is 477. The van der Waals surface area contributed by atoms with Gasteiger partial charge in [-0.1, -0.05) is 18.2 Å². The van der Waals surface area contributed by atoms with Crippen LogP contribution in [0.15, 0.2) is 30.3 Å². The van der Waals surface area contributed by atoms with E-state index in [4.69, 9.17) is 5.11 Å². The zero-order chi connectivity index (χ0) is 14.0. The van der Waals surface area contributed by atoms with E-state index in [1.807, 2.05) is 6.07 Å². The number of aliphatic carboxylic acids is 1. The number of hydrogen-bond acceptors (Lipinski definition) is 3. The van der Waals surface area contributed by atoms with E-state index in [0.29, 0.717) is 5.69 Å². The van der Waals surface area contributed by atoms with Gasteiger partial charge in [0.25, 0.3) is 0 Å². The summed E-state index contributed by atoms with van der Waals surface area (Å²) in [7, 11) is 1.58. The maximum Gasteiger partial charge on any atom is 0.326 e. The van der Waals surface area contributed by atoms with Gasteiger partial charge in [-0.15, -0.1) is 0 Å². The summed E-state index contributed by atoms with van der Waals surface area (Å²) in [5.74, 6) is -1.09. The Kier molecular flexibility index (Phi) is 3.71. The summed E-state index contributed by atoms with van der Waals surface area (Å²) in [4.78, 5) is 26.0. The molecule has 1 aromatic rings. The number of carbonyl (C=O) groups is 2. The fourth-order valence-electron chi connectivity index (χ4n) is 2.21. The molecule has 2 N–H and O–H groups in total. The number of amides is 2. The molecule has 0 saturated carbocycles. The van der Waals surface area contributed by atoms with Gasteiger partial charge in [0.2, 0.25) is 0 Å². The monoisotopic (exact) mass is 264 g/mol. The third-order valence-corrected chi connectivity index (χ3v) is 3.24. The van der Waals surface area contributed by atoms with E-state index in [1.54, 1.807) is 31.3 Å². The Morgan fingerprint density at radius 3 is 2.53 bits per heavy atom. The molecule has 19 heavy (non-hydrogen) atoms. The van der Waals surface area contributed by atoms with E-state index in [2.05, 4.69) is 0 Å². The molecule has 1 aromatic carbocycles. The van der Waals surface area contributed by atoms with Crippen molar-refractivity contribution in [1.29, 1.82) is 0 Å². The molecule has 0 bridgehead atoms. The first-order valence-electron chi connectivity index (χ1n) is 6.01. The lowest BCUT2D eigenvalue weighted by atomic mass is 10.2. The molecule has 1 heterocycles. The van der Waals surface area contributed by atoms with Crippen LogP contribution in [0.2, 0.25) is 0 Å². The van der Waals surface area contributed by atoms with Crippen molar-refractivity contribution >= 4 is 17.7 Å². The normalized spacial score (nSPS) is 22.3. The van der Waals surface area contributed by atoms with E-state index in [9.17, 15) is 14.7 Å². The van der Waals surface area contributed by atoms with Crippen molar-refractivity contribution in [3.8, 4) is 0 Å². The van der Waals surface area contributed by atoms with Crippen molar-refractivity contribution in [3.63, 3.8) is 0 Å². The number of carboxylic acids is 1. The number of anilines is 1. The minimum absolute atomic E-state index is 0.0486. The number of rotatable bonds is 2. The van der Waals surface area contributed by atoms with Gasteiger partial charge in [-0.2, -0.15) is 0 Å². The van der Waals surface area contributed by atoms with Crippen LogP contribution in [0.1, 0.15) is 6.42 Å². The van der Waals surface area contributed by atoms with Crippen molar-refractivity contribution in [2.45, 2.75) is 18.6 Å². The van der Waals surface area contributed by atoms with Gasteiger partial charge < -0.3 is 15.1 Å². The van der Waals surface area contributed by atoms with Gasteiger partial charge in [-0.25, -0.2) is 9.59 Å². The summed E-state index contributed by atoms with van der Waals surface area (Å²) < 4.78 is 0. The van der Waals surface area contributed by atoms with Crippen molar-refractivity contribution in [2.24, 2.45) is 0 Å². The second-order valence-corrected chi connectivity index (χ2v) is 4.57. The predicted molar refractivity (Wildman–Crippen MR) is 69.0 cm³/mol. The lowest BCUT2D eigenvalue weighted by Gasteiger charge is -2.27. The molecule has 0 spiro atoms. The molecule has 0 radical (unpaired) electrons. The lowest BCUT2D eigenvalue weighted by molar-refractivity contribution is -0.141. The van der Waals surface area contributed by atoms with E-state index < -0.39 is 24.1 Å². The van der Waals surface area contributed by atoms with Crippen LogP contribution in [0.5, 0.6) is 0 Å². The van der Waals surface area contributed by atoms with Gasteiger partial charge in [-0.05, 0) is 12.1 Å². The number of β-amino-alcohol motifs (C(OH)–C–C–N with tert-alkyl or cyclic N) is 1. The summed E-state index contributed by atoms with van der Waals surface area (Å²) in [5.41, 5.74) is 0.679. The van der Waals surface area contributed by atoms with Crippen LogP contribution in [0.3, 0.4) is 0 Å². The Labute approximate surface area is 110 Å². The van der Waals surface area contributed by atoms with E-state index in [0.717, 1.165) is 0 Å². The Morgan fingerprint density at radius 1 is 1.32 bits per heavy atom. The van der Waals surface area contributed by atoms with Crippen molar-refractivity contribution in [1.82, 2.24) is 4.90 Å². The minimum atomic E-state index is -1.09. The molecule has 0 unspecified atom stereocenters. The molecule has 102 valence electrons. The van der Waals surface area contributed by atoms with Gasteiger partial charge in [0, 0.05) is 25.7 Å². The van der Waals surface area contributed by atoms with Gasteiger partial charge in [0.05, 0.1) is 6.10 Å². The highest BCUT2D eigenvalue weighted by molar-refractivity contribution is 5.94. The van der Waals surface area contributed by atoms with E-state index in [-0.39, 0.29) is 13.0 Å². The molecule has 6 nitrogen and oxygen atoms in total. The SMILES string of the molecule is CN(C(=O)N1C[C@H](O)C[C@@H]1C(=O)O)c1ccccc1. The summed E-state index contributed by atoms with van der Waals surface area (Å²) in [6.45, 7) is 0.0486. The molecule has 1 fully saturated rings. The maximum atomic E-state index is 12.3. The second kappa shape index (κ2) is 5.27. The van der Waals surface area contributed by atoms with Gasteiger partial charge in [0.15, 0.2) is 0 Å². The first-order chi connectivity index (χ1) is 9.00. The average Bonchev–Trinajstić information content (AvgIpc) is 2.80. The Morgan fingerprint density at radius 2 is 1.95 bits per heavy atom. The van der Waals surface area contributed by atoms with Gasteiger partial charge in [0.1, 0.15) is 6.04 Å². The van der Waals surface area contributed by atoms with Crippen molar-refractivity contribution in [2.75, 3.05) is 18.5 Å². The van der Waals surface area contributed by atoms with Crippen LogP contribution in [-0.4, -0.2) is 52.9 Å². The molecule has 1 saturated heterocycles. The minimum Gasteiger partial charge on any atom is -0.480 e. The van der Waals surface area contributed by atoms with Crippen LogP contribution >= 0.6 is 0 Å². The van der Waals surface area contributed by atoms with Gasteiger partial charge in [-0.3, -0.25) is 4.90 Å². The lowest BCUT2D eigenvalue weighted by Crippen LogP contribution is -2.47. The highest BCUT2D eigenvalue weighted by Gasteiger charge is 2.40. The highest BCUT2D eigenvalue weighted by atomic mass is 16.4. The highest BCUT2D eigenvalue weighted by Crippen LogP contribution is 2.22. The summed E-state index contributed by atoms with van der Waals surface area (Å²) >= 11 is 0. The third kappa shape index (κ3) is 2.68. The molecule has 2 amide bonds. The first-order valence-corrected chi connectivity index (χ1v) is 6.01. The number of aliphatic hydroxyl groups is 1. The number of carboxylic acid groups (broad SMARTS) is 1. The van der Waals surface area contributed by atoms with Crippen molar-refractivity contribution in [3.05, 3.63) is 30.3 Å². The topological polar surface area (TPSA) is 81.1 Å². The fourth-order valence-corrected chi connectivity index (χ4v) is 2.21. The number of carbonyl (C=O) groups excluding carboxylic acids is 1. The van der Waals surface area contributed by atoms with Crippen molar-refractivity contribution < 1.29 is 19.8 Å². The number of para-hydroxylation sites is 1. The van der Waals surface area contributed by atoms with Crippen LogP contribution in [0, 0.1) is 0 Å². The number of benzene rings is 1. The molecule has 0 aliphatic carbocycles. The molecule has 2 atom stereocenters. The second-order valence-electron chi connectivity index (χ2n) is 4.57. The Balaban J connectivity index is 2.17. The molecular weight excluding hydrogens is 248 g/mol. The number of hydrogen-bond donors (Lipinski definition) is 2. The van der Waals surface area contributed by atoms with Gasteiger partial charge >= 0.3 is 12.0 Å². The quantitative estimate of drug-likeness (QED) is 0.826. The van der Waals surface area contributed by atoms with Crippen LogP contribution in [-0.2, 0) is 4.79 Å². The number of urea groups is 1. The smallest absolute Gasteiger partial charge is 0.326 e. The summed E-state index contributed by atoms with van der Waals surface area (Å²) in [6, 6.07) is 7.57. The fraction of sp³-hybridized carbons (Fsp3) is 0.385. The number of nitrogens with zero attached hydrogens (tertiary/aromatic N) is 2. The summed E-state index contributed by atoms with van der Waals surface area (Å²) in [6.07, 6.45) is -0.710. The maximum absolute atomic E-state index is 12.3. The average molecular weight is 264 g/mol. The zero-order valence-electron chi connectivity index (χ0n) is 10.6. The predicted octanol–water partition coefficient (Wildman–Crippen LogP) is 0.763. The zero-order valence-corrected chi connectivity index (χ0v) is 10.6. The molecule has 0 aromatic heterocycles. The molecule has 1 aliphatic rings. The summed E-state index contributed by atoms with van der Waals surface area (Å²) in [5, 5.41) is 18.6. The number of likely N-dealkylation sites (tertiary alicyclic amines) is 1. The molecule has 2 rings (SSSR count). The Hall–Kier alpha value is -2.08. The molecule has 6 heteroatoms. The van der Waals surface area contributed by atoms with E-state index >= 15 is 0 Å². The standard InChI is InChI=1S/C13H16N2O4/c1-14(9-5-3-2-4-6-9)13(19)15-8-10(16)7-11(15)12(17)18/h2-6,10-11,16H,7-8H2,1H3,(H,17,18)/t10-,11-/m1/s1. The molecular formula is C13H16N2O4. The van der Waals surface area contributed by atoms with Crippen LogP contribution in [0.25, 0.3) is 0 Å². The van der Waals surface area contributed by atoms with Crippen LogP contribution in [0.4, 0.5) is 10.5 Å². The van der Waals surface area contributed by atoms with E-state index in [1.165, 1.54) is 9.80 Å².